The molecule has 0 bridgehead atoms. The molecule has 1 saturated heterocycles. The van der Waals surface area contributed by atoms with Gasteiger partial charge in [-0.2, -0.15) is 0 Å². The molecule has 0 aromatic carbocycles. The third-order valence-electron chi connectivity index (χ3n) is 3.28. The molecule has 1 atom stereocenters. The van der Waals surface area contributed by atoms with E-state index in [1.165, 1.54) is 0 Å². The van der Waals surface area contributed by atoms with E-state index in [0.717, 1.165) is 31.6 Å². The molecule has 1 aromatic rings. The van der Waals surface area contributed by atoms with Crippen LogP contribution in [0.1, 0.15) is 37.4 Å². The first kappa shape index (κ1) is 11.1. The Hall–Kier alpha value is -1.36. The van der Waals surface area contributed by atoms with Gasteiger partial charge >= 0.3 is 0 Å². The number of nitrogens with two attached hydrogens (primary N) is 1. The molecule has 1 aliphatic heterocycles. The molecule has 0 radical (unpaired) electrons. The molecule has 2 rings (SSSR count). The number of amides is 1. The third kappa shape index (κ3) is 2.09. The molecule has 1 fully saturated rings. The molecule has 1 aliphatic rings. The first-order valence-corrected chi connectivity index (χ1v) is 5.72. The van der Waals surface area contributed by atoms with E-state index in [0.29, 0.717) is 5.92 Å². The molecule has 1 amide bonds. The highest BCUT2D eigenvalue weighted by Crippen LogP contribution is 2.26. The van der Waals surface area contributed by atoms with Gasteiger partial charge in [-0.1, -0.05) is 0 Å². The summed E-state index contributed by atoms with van der Waals surface area (Å²) in [5, 5.41) is 3.33. The summed E-state index contributed by atoms with van der Waals surface area (Å²) < 4.78 is 1.90. The van der Waals surface area contributed by atoms with Crippen molar-refractivity contribution >= 4 is 5.91 Å². The summed E-state index contributed by atoms with van der Waals surface area (Å²) in [5.74, 6) is 0.179. The maximum atomic E-state index is 11.2. The van der Waals surface area contributed by atoms with Gasteiger partial charge in [0, 0.05) is 17.8 Å². The van der Waals surface area contributed by atoms with Gasteiger partial charge < -0.3 is 15.6 Å². The molecule has 16 heavy (non-hydrogen) atoms. The molecule has 0 spiro atoms. The average Bonchev–Trinajstić information content (AvgIpc) is 2.77. The van der Waals surface area contributed by atoms with Crippen molar-refractivity contribution in [3.63, 3.8) is 0 Å². The van der Waals surface area contributed by atoms with Gasteiger partial charge in [-0.05, 0) is 32.9 Å². The summed E-state index contributed by atoms with van der Waals surface area (Å²) >= 11 is 0. The molecule has 0 saturated carbocycles. The minimum atomic E-state index is -0.313. The molecular formula is C11H18N4O. The van der Waals surface area contributed by atoms with Crippen LogP contribution >= 0.6 is 0 Å². The number of aromatic nitrogens is 2. The van der Waals surface area contributed by atoms with Gasteiger partial charge in [0.1, 0.15) is 6.04 Å². The Bertz CT molecular complexity index is 368. The molecule has 5 nitrogen and oxygen atoms in total. The number of carbonyl (C=O) groups is 1. The summed E-state index contributed by atoms with van der Waals surface area (Å²) in [5.41, 5.74) is 6.46. The smallest absolute Gasteiger partial charge is 0.240 e. The lowest BCUT2D eigenvalue weighted by molar-refractivity contribution is -0.120. The fraction of sp³-hybridized carbons (Fsp3) is 0.636. The molecule has 1 aromatic heterocycles. The molecule has 0 aliphatic carbocycles. The van der Waals surface area contributed by atoms with E-state index >= 15 is 0 Å². The van der Waals surface area contributed by atoms with E-state index < -0.39 is 0 Å². The Balaban J connectivity index is 2.20. The normalized spacial score (nSPS) is 19.6. The predicted molar refractivity (Wildman–Crippen MR) is 61.0 cm³/mol. The standard InChI is InChI=1S/C11H18N4O/c1-8(11(12)16)15-7-14-6-10(15)9-2-4-13-5-3-9/h6-9,13H,2-5H2,1H3,(H2,12,16). The van der Waals surface area contributed by atoms with Crippen LogP contribution in [0.2, 0.25) is 0 Å². The first-order chi connectivity index (χ1) is 7.70. The van der Waals surface area contributed by atoms with Crippen molar-refractivity contribution in [2.75, 3.05) is 13.1 Å². The van der Waals surface area contributed by atoms with Crippen molar-refractivity contribution in [2.24, 2.45) is 5.73 Å². The summed E-state index contributed by atoms with van der Waals surface area (Å²) in [6.07, 6.45) is 5.75. The van der Waals surface area contributed by atoms with Crippen LogP contribution in [0.5, 0.6) is 0 Å². The number of piperidine rings is 1. The number of hydrogen-bond donors (Lipinski definition) is 2. The quantitative estimate of drug-likeness (QED) is 0.777. The molecule has 2 heterocycles. The Kier molecular flexibility index (Phi) is 3.24. The van der Waals surface area contributed by atoms with Crippen LogP contribution in [0.4, 0.5) is 0 Å². The van der Waals surface area contributed by atoms with Crippen LogP contribution in [-0.4, -0.2) is 28.5 Å². The second kappa shape index (κ2) is 4.65. The lowest BCUT2D eigenvalue weighted by Gasteiger charge is -2.25. The molecule has 5 heteroatoms. The SMILES string of the molecule is CC(C(N)=O)n1cncc1C1CCNCC1. The van der Waals surface area contributed by atoms with Gasteiger partial charge in [0.2, 0.25) is 5.91 Å². The first-order valence-electron chi connectivity index (χ1n) is 5.72. The highest BCUT2D eigenvalue weighted by atomic mass is 16.1. The maximum absolute atomic E-state index is 11.2. The van der Waals surface area contributed by atoms with E-state index in [9.17, 15) is 4.79 Å². The summed E-state index contributed by atoms with van der Waals surface area (Å²) in [4.78, 5) is 15.3. The van der Waals surface area contributed by atoms with Crippen LogP contribution in [0, 0.1) is 0 Å². The minimum absolute atomic E-state index is 0.312. The zero-order valence-corrected chi connectivity index (χ0v) is 9.52. The largest absolute Gasteiger partial charge is 0.368 e. The van der Waals surface area contributed by atoms with Gasteiger partial charge in [0.05, 0.1) is 6.33 Å². The van der Waals surface area contributed by atoms with Crippen molar-refractivity contribution in [2.45, 2.75) is 31.7 Å². The summed E-state index contributed by atoms with van der Waals surface area (Å²) in [6.45, 7) is 3.87. The molecular weight excluding hydrogens is 204 g/mol. The lowest BCUT2D eigenvalue weighted by Crippen LogP contribution is -2.30. The highest BCUT2D eigenvalue weighted by molar-refractivity contribution is 5.78. The summed E-state index contributed by atoms with van der Waals surface area (Å²) in [6, 6.07) is -0.313. The number of nitrogens with one attached hydrogen (secondary N) is 1. The van der Waals surface area contributed by atoms with Gasteiger partial charge in [-0.3, -0.25) is 4.79 Å². The van der Waals surface area contributed by atoms with Crippen molar-refractivity contribution in [3.05, 3.63) is 18.2 Å². The van der Waals surface area contributed by atoms with Crippen LogP contribution in [0.25, 0.3) is 0 Å². The number of imidazole rings is 1. The van der Waals surface area contributed by atoms with Gasteiger partial charge in [-0.15, -0.1) is 0 Å². The van der Waals surface area contributed by atoms with Crippen molar-refractivity contribution < 1.29 is 4.79 Å². The minimum Gasteiger partial charge on any atom is -0.368 e. The molecule has 1 unspecified atom stereocenters. The Morgan fingerprint density at radius 2 is 2.31 bits per heavy atom. The number of rotatable bonds is 3. The Morgan fingerprint density at radius 3 is 2.94 bits per heavy atom. The third-order valence-corrected chi connectivity index (χ3v) is 3.28. The average molecular weight is 222 g/mol. The summed E-state index contributed by atoms with van der Waals surface area (Å²) in [7, 11) is 0. The van der Waals surface area contributed by atoms with Crippen LogP contribution in [-0.2, 0) is 4.79 Å². The number of nitrogens with zero attached hydrogens (tertiary/aromatic N) is 2. The van der Waals surface area contributed by atoms with Crippen LogP contribution in [0.15, 0.2) is 12.5 Å². The van der Waals surface area contributed by atoms with E-state index in [2.05, 4.69) is 10.3 Å². The fourth-order valence-electron chi connectivity index (χ4n) is 2.21. The van der Waals surface area contributed by atoms with Gasteiger partial charge in [0.15, 0.2) is 0 Å². The van der Waals surface area contributed by atoms with E-state index in [1.807, 2.05) is 17.7 Å². The van der Waals surface area contributed by atoms with Crippen LogP contribution in [0.3, 0.4) is 0 Å². The van der Waals surface area contributed by atoms with Crippen molar-refractivity contribution in [3.8, 4) is 0 Å². The van der Waals surface area contributed by atoms with Gasteiger partial charge in [0.25, 0.3) is 0 Å². The topological polar surface area (TPSA) is 72.9 Å². The van der Waals surface area contributed by atoms with Crippen molar-refractivity contribution in [1.29, 1.82) is 0 Å². The lowest BCUT2D eigenvalue weighted by atomic mass is 9.94. The van der Waals surface area contributed by atoms with Crippen LogP contribution < -0.4 is 11.1 Å². The maximum Gasteiger partial charge on any atom is 0.240 e. The van der Waals surface area contributed by atoms with E-state index in [1.54, 1.807) is 6.33 Å². The van der Waals surface area contributed by atoms with E-state index in [-0.39, 0.29) is 11.9 Å². The second-order valence-electron chi connectivity index (χ2n) is 4.33. The van der Waals surface area contributed by atoms with Crippen molar-refractivity contribution in [1.82, 2.24) is 14.9 Å². The highest BCUT2D eigenvalue weighted by Gasteiger charge is 2.22. The van der Waals surface area contributed by atoms with E-state index in [4.69, 9.17) is 5.73 Å². The second-order valence-corrected chi connectivity index (χ2v) is 4.33. The Morgan fingerprint density at radius 1 is 1.62 bits per heavy atom. The zero-order chi connectivity index (χ0) is 11.5. The fourth-order valence-corrected chi connectivity index (χ4v) is 2.21. The molecule has 3 N–H and O–H groups in total. The monoisotopic (exact) mass is 222 g/mol. The number of carbonyl (C=O) groups excluding carboxylic acids is 1. The predicted octanol–water partition coefficient (Wildman–Crippen LogP) is 0.396. The zero-order valence-electron chi connectivity index (χ0n) is 9.52. The number of hydrogen-bond acceptors (Lipinski definition) is 3. The Labute approximate surface area is 95.0 Å². The van der Waals surface area contributed by atoms with Gasteiger partial charge in [-0.25, -0.2) is 4.98 Å². The molecule has 88 valence electrons. The number of primary amides is 1.